The van der Waals surface area contributed by atoms with E-state index in [0.29, 0.717) is 32.1 Å². The summed E-state index contributed by atoms with van der Waals surface area (Å²) < 4.78 is 35.1. The Morgan fingerprint density at radius 1 is 0.671 bits per heavy atom. The minimum atomic E-state index is -4.67. The highest BCUT2D eigenvalue weighted by Crippen LogP contribution is 2.75. The van der Waals surface area contributed by atoms with Crippen molar-refractivity contribution in [3.05, 3.63) is 11.6 Å². The van der Waals surface area contributed by atoms with Crippen LogP contribution < -0.4 is 5.32 Å². The van der Waals surface area contributed by atoms with Crippen LogP contribution >= 0.6 is 7.82 Å². The van der Waals surface area contributed by atoms with Gasteiger partial charge in [0.25, 0.3) is 0 Å². The van der Waals surface area contributed by atoms with Crippen LogP contribution in [0.5, 0.6) is 0 Å². The number of phosphoric ester groups is 1. The Morgan fingerprint density at radius 3 is 1.76 bits per heavy atom. The molecule has 4 fully saturated rings. The number of carbonyl (C=O) groups is 4. The molecule has 0 aliphatic heterocycles. The predicted octanol–water partition coefficient (Wildman–Crippen LogP) is 15.4. The largest absolute Gasteiger partial charge is 0.472 e. The van der Waals surface area contributed by atoms with E-state index >= 15 is 0 Å². The van der Waals surface area contributed by atoms with Gasteiger partial charge in [-0.2, -0.15) is 0 Å². The van der Waals surface area contributed by atoms with Gasteiger partial charge in [0, 0.05) is 30.7 Å². The van der Waals surface area contributed by atoms with Crippen molar-refractivity contribution in [2.75, 3.05) is 26.4 Å². The first-order valence-corrected chi connectivity index (χ1v) is 32.7. The van der Waals surface area contributed by atoms with Gasteiger partial charge < -0.3 is 24.8 Å². The van der Waals surface area contributed by atoms with Crippen molar-refractivity contribution in [1.82, 2.24) is 5.32 Å². The quantitative estimate of drug-likeness (QED) is 0.0313. The van der Waals surface area contributed by atoms with Gasteiger partial charge >= 0.3 is 19.8 Å². The van der Waals surface area contributed by atoms with Gasteiger partial charge in [-0.3, -0.25) is 28.2 Å². The molecule has 0 bridgehead atoms. The fourth-order valence-corrected chi connectivity index (χ4v) is 16.4. The van der Waals surface area contributed by atoms with Crippen LogP contribution in [0.3, 0.4) is 0 Å². The number of phosphoric acid groups is 1. The van der Waals surface area contributed by atoms with Gasteiger partial charge in [-0.05, 0) is 116 Å². The number of ketones is 1. The third kappa shape index (κ3) is 16.7. The van der Waals surface area contributed by atoms with Gasteiger partial charge in [0.05, 0.1) is 19.3 Å². The molecule has 5 aliphatic rings. The van der Waals surface area contributed by atoms with E-state index in [1.54, 1.807) is 0 Å². The maximum atomic E-state index is 14.8. The zero-order chi connectivity index (χ0) is 55.7. The maximum Gasteiger partial charge on any atom is 0.472 e. The van der Waals surface area contributed by atoms with E-state index in [9.17, 15) is 33.7 Å². The average Bonchev–Trinajstić information content (AvgIpc) is 3.37. The average molecular weight is 1090 g/mol. The van der Waals surface area contributed by atoms with Crippen LogP contribution in [0, 0.1) is 50.2 Å². The van der Waals surface area contributed by atoms with Gasteiger partial charge in [-0.1, -0.05) is 196 Å². The molecule has 4 saturated carbocycles. The van der Waals surface area contributed by atoms with Crippen molar-refractivity contribution < 1.29 is 52.3 Å². The van der Waals surface area contributed by atoms with E-state index in [1.165, 1.54) is 95.5 Å². The Balaban J connectivity index is 1.10. The van der Waals surface area contributed by atoms with Crippen molar-refractivity contribution in [2.24, 2.45) is 50.2 Å². The number of nitrogens with one attached hydrogen (secondary N) is 1. The summed E-state index contributed by atoms with van der Waals surface area (Å²) in [5.41, 5.74) is -0.453. The first kappa shape index (κ1) is 64.7. The summed E-state index contributed by atoms with van der Waals surface area (Å²) in [5.74, 6) is -0.622. The highest BCUT2D eigenvalue weighted by atomic mass is 31.2. The van der Waals surface area contributed by atoms with Crippen molar-refractivity contribution in [3.8, 4) is 0 Å². The van der Waals surface area contributed by atoms with Gasteiger partial charge in [0.2, 0.25) is 5.91 Å². The maximum absolute atomic E-state index is 14.8. The first-order chi connectivity index (χ1) is 36.0. The molecule has 0 radical (unpaired) electrons. The lowest BCUT2D eigenvalue weighted by atomic mass is 9.33. The minimum absolute atomic E-state index is 0.0260. The van der Waals surface area contributed by atoms with Crippen LogP contribution in [0.4, 0.5) is 0 Å². The summed E-state index contributed by atoms with van der Waals surface area (Å²) in [6.07, 6.45) is 34.1. The number of rotatable bonds is 35. The number of fused-ring (bicyclic) bond motifs is 7. The smallest absolute Gasteiger partial charge is 0.462 e. The molecule has 1 amide bonds. The van der Waals surface area contributed by atoms with E-state index in [0.717, 1.165) is 77.0 Å². The third-order valence-corrected chi connectivity index (χ3v) is 21.8. The molecule has 12 nitrogen and oxygen atoms in total. The van der Waals surface area contributed by atoms with E-state index in [2.05, 4.69) is 60.7 Å². The molecule has 76 heavy (non-hydrogen) atoms. The highest BCUT2D eigenvalue weighted by molar-refractivity contribution is 7.47. The molecule has 0 saturated heterocycles. The molecule has 2 unspecified atom stereocenters. The van der Waals surface area contributed by atoms with Crippen molar-refractivity contribution in [3.63, 3.8) is 0 Å². The molecule has 5 rings (SSSR count). The van der Waals surface area contributed by atoms with Crippen LogP contribution in [0.15, 0.2) is 11.6 Å². The molecule has 0 heterocycles. The highest BCUT2D eigenvalue weighted by Gasteiger charge is 2.70. The third-order valence-electron chi connectivity index (χ3n) is 20.9. The molecule has 0 aromatic heterocycles. The Morgan fingerprint density at radius 2 is 1.20 bits per heavy atom. The van der Waals surface area contributed by atoms with Crippen LogP contribution in [0.25, 0.3) is 0 Å². The lowest BCUT2D eigenvalue weighted by Crippen LogP contribution is -2.66. The summed E-state index contributed by atoms with van der Waals surface area (Å²) >= 11 is 0. The Kier molecular flexibility index (Phi) is 25.2. The molecule has 0 aromatic carbocycles. The van der Waals surface area contributed by atoms with Crippen molar-refractivity contribution >= 4 is 31.5 Å². The van der Waals surface area contributed by atoms with Gasteiger partial charge in [0.1, 0.15) is 6.61 Å². The number of hydrogen-bond donors (Lipinski definition) is 3. The molecule has 5 aliphatic carbocycles. The SMILES string of the molecule is CCCCCCCCCCCCCC(=O)OCC(COP(=O)(O)OCCNC(=O)[C@@]1(C)CC[C@]2(C)CC[C@]3(C)C(=CC(=O)[C@@H]4[C@@]5(C)CC[C@H](O)C(C)(C)[C@@H]5CC[C@]43C)[C@@H]2C1)OC(=O)CCCCCCCCCCCCC. The number of ether oxygens (including phenoxy) is 2. The zero-order valence-corrected chi connectivity index (χ0v) is 50.5. The van der Waals surface area contributed by atoms with Gasteiger partial charge in [0.15, 0.2) is 11.9 Å². The van der Waals surface area contributed by atoms with Crippen molar-refractivity contribution in [1.29, 1.82) is 0 Å². The molecular formula is C63H110NO11P. The monoisotopic (exact) mass is 1090 g/mol. The number of esters is 2. The second kappa shape index (κ2) is 29.6. The number of aliphatic hydroxyl groups is 1. The van der Waals surface area contributed by atoms with Crippen LogP contribution in [-0.4, -0.2) is 72.2 Å². The number of amides is 1. The number of unbranched alkanes of at least 4 members (excludes halogenated alkanes) is 20. The van der Waals surface area contributed by atoms with E-state index in [-0.39, 0.29) is 95.2 Å². The molecular weight excluding hydrogens is 978 g/mol. The fraction of sp³-hybridized carbons (Fsp3) is 0.905. The Labute approximate surface area is 461 Å². The standard InChI is InChI=1S/C63H110NO11P/c1-10-12-14-16-18-20-22-24-26-28-30-32-54(67)72-46-48(75-55(68)33-31-29-27-25-23-21-19-17-15-13-11-2)47-74-76(70,71)73-43-42-64-57(69)60(6)39-38-59(5)40-41-62(8)49(50(59)45-60)44-51(65)56-61(7)36-35-53(66)58(3,4)52(61)34-37-63(56,62)9/h44,48,50,52-53,56,66H,10-43,45-47H2,1-9H3,(H,64,69)(H,70,71)/t48?,50-,52-,53-,56+,59+,60-,61-,62+,63+/m0/s1. The molecule has 13 heteroatoms. The summed E-state index contributed by atoms with van der Waals surface area (Å²) in [6, 6.07) is 0. The second-order valence-corrected chi connectivity index (χ2v) is 28.3. The number of aliphatic hydroxyl groups excluding tert-OH is 1. The first-order valence-electron chi connectivity index (χ1n) is 31.2. The lowest BCUT2D eigenvalue weighted by molar-refractivity contribution is -0.202. The Hall–Kier alpha value is -2.11. The summed E-state index contributed by atoms with van der Waals surface area (Å²) in [5, 5.41) is 14.1. The lowest BCUT2D eigenvalue weighted by Gasteiger charge is -2.70. The van der Waals surface area contributed by atoms with Gasteiger partial charge in [-0.15, -0.1) is 0 Å². The van der Waals surface area contributed by atoms with Crippen LogP contribution in [0.1, 0.15) is 274 Å². The van der Waals surface area contributed by atoms with E-state index < -0.39 is 37.9 Å². The topological polar surface area (TPSA) is 175 Å². The van der Waals surface area contributed by atoms with Crippen LogP contribution in [-0.2, 0) is 42.3 Å². The summed E-state index contributed by atoms with van der Waals surface area (Å²) in [6.45, 7) is 19.2. The normalized spacial score (nSPS) is 31.9. The van der Waals surface area contributed by atoms with Crippen molar-refractivity contribution in [2.45, 2.75) is 286 Å². The molecule has 3 N–H and O–H groups in total. The zero-order valence-electron chi connectivity index (χ0n) is 49.6. The van der Waals surface area contributed by atoms with Gasteiger partial charge in [-0.25, -0.2) is 4.57 Å². The second-order valence-electron chi connectivity index (χ2n) is 26.8. The number of hydrogen-bond acceptors (Lipinski definition) is 10. The molecule has 0 spiro atoms. The van der Waals surface area contributed by atoms with E-state index in [4.69, 9.17) is 18.5 Å². The number of allylic oxidation sites excluding steroid dienone is 2. The fourth-order valence-electron chi connectivity index (χ4n) is 15.6. The predicted molar refractivity (Wildman–Crippen MR) is 303 cm³/mol. The molecule has 438 valence electrons. The van der Waals surface area contributed by atoms with Crippen LogP contribution in [0.2, 0.25) is 0 Å². The minimum Gasteiger partial charge on any atom is -0.462 e. The summed E-state index contributed by atoms with van der Waals surface area (Å²) in [4.78, 5) is 65.5. The number of carbonyl (C=O) groups excluding carboxylic acids is 4. The molecule has 0 aromatic rings. The Bertz CT molecular complexity index is 1940. The summed E-state index contributed by atoms with van der Waals surface area (Å²) in [7, 11) is -4.67. The molecule has 11 atom stereocenters. The van der Waals surface area contributed by atoms with E-state index in [1.807, 2.05) is 13.0 Å².